The van der Waals surface area contributed by atoms with Gasteiger partial charge in [-0.3, -0.25) is 4.79 Å². The molecule has 0 atom stereocenters. The van der Waals surface area contributed by atoms with Crippen LogP contribution in [-0.4, -0.2) is 22.3 Å². The van der Waals surface area contributed by atoms with Crippen LogP contribution in [0.3, 0.4) is 0 Å². The van der Waals surface area contributed by atoms with Gasteiger partial charge in [-0.05, 0) is 49.9 Å². The summed E-state index contributed by atoms with van der Waals surface area (Å²) in [5.74, 6) is 1.65. The predicted molar refractivity (Wildman–Crippen MR) is 105 cm³/mol. The third-order valence-electron chi connectivity index (χ3n) is 4.73. The maximum atomic E-state index is 12.5. The van der Waals surface area contributed by atoms with Gasteiger partial charge >= 0.3 is 0 Å². The van der Waals surface area contributed by atoms with E-state index in [-0.39, 0.29) is 5.91 Å². The van der Waals surface area contributed by atoms with E-state index in [1.807, 2.05) is 65.3 Å². The SMILES string of the molecule is O=C(CCCOc1ccccc1)Nc1c2c(nn1-c1ccccc1)CCC2. The van der Waals surface area contributed by atoms with Crippen LogP contribution in [0.2, 0.25) is 0 Å². The normalized spacial score (nSPS) is 12.6. The molecular weight excluding hydrogens is 338 g/mol. The maximum absolute atomic E-state index is 12.5. The van der Waals surface area contributed by atoms with Crippen molar-refractivity contribution in [2.45, 2.75) is 32.1 Å². The van der Waals surface area contributed by atoms with Crippen LogP contribution < -0.4 is 10.1 Å². The lowest BCUT2D eigenvalue weighted by molar-refractivity contribution is -0.116. The molecule has 0 unspecified atom stereocenters. The van der Waals surface area contributed by atoms with Crippen molar-refractivity contribution in [2.75, 3.05) is 11.9 Å². The van der Waals surface area contributed by atoms with Gasteiger partial charge in [-0.1, -0.05) is 36.4 Å². The molecule has 5 heteroatoms. The molecule has 1 aliphatic carbocycles. The van der Waals surface area contributed by atoms with Crippen molar-refractivity contribution in [1.82, 2.24) is 9.78 Å². The molecule has 5 nitrogen and oxygen atoms in total. The van der Waals surface area contributed by atoms with Gasteiger partial charge in [0, 0.05) is 12.0 Å². The number of rotatable bonds is 7. The standard InChI is InChI=1S/C22H23N3O2/c26-21(15-8-16-27-18-11-5-2-6-12-18)23-22-19-13-7-14-20(19)24-25(22)17-9-3-1-4-10-17/h1-6,9-12H,7-8,13-16H2,(H,23,26). The molecule has 3 aromatic rings. The average molecular weight is 361 g/mol. The Balaban J connectivity index is 1.39. The summed E-state index contributed by atoms with van der Waals surface area (Å²) in [4.78, 5) is 12.5. The Bertz CT molecular complexity index is 904. The molecule has 0 bridgehead atoms. The van der Waals surface area contributed by atoms with Gasteiger partial charge in [-0.2, -0.15) is 5.10 Å². The highest BCUT2D eigenvalue weighted by atomic mass is 16.5. The van der Waals surface area contributed by atoms with Crippen LogP contribution in [0.1, 0.15) is 30.5 Å². The molecule has 1 N–H and O–H groups in total. The molecule has 1 aromatic heterocycles. The number of benzene rings is 2. The third kappa shape index (κ3) is 4.03. The number of nitrogens with zero attached hydrogens (tertiary/aromatic N) is 2. The van der Waals surface area contributed by atoms with Crippen LogP contribution in [0.5, 0.6) is 5.75 Å². The Morgan fingerprint density at radius 3 is 2.56 bits per heavy atom. The average Bonchev–Trinajstić information content (AvgIpc) is 3.29. The summed E-state index contributed by atoms with van der Waals surface area (Å²) in [7, 11) is 0. The number of ether oxygens (including phenoxy) is 1. The van der Waals surface area contributed by atoms with E-state index >= 15 is 0 Å². The van der Waals surface area contributed by atoms with Gasteiger partial charge in [0.05, 0.1) is 18.0 Å². The van der Waals surface area contributed by atoms with Crippen LogP contribution in [0.15, 0.2) is 60.7 Å². The lowest BCUT2D eigenvalue weighted by atomic mass is 10.2. The summed E-state index contributed by atoms with van der Waals surface area (Å²) in [6, 6.07) is 19.6. The fraction of sp³-hybridized carbons (Fsp3) is 0.273. The van der Waals surface area contributed by atoms with Gasteiger partial charge in [0.15, 0.2) is 0 Å². The van der Waals surface area contributed by atoms with Crippen molar-refractivity contribution in [3.8, 4) is 11.4 Å². The number of anilines is 1. The van der Waals surface area contributed by atoms with Crippen LogP contribution in [0, 0.1) is 0 Å². The minimum atomic E-state index is -0.00144. The van der Waals surface area contributed by atoms with E-state index in [1.54, 1.807) is 0 Å². The van der Waals surface area contributed by atoms with Gasteiger partial charge in [-0.15, -0.1) is 0 Å². The number of hydrogen-bond donors (Lipinski definition) is 1. The van der Waals surface area contributed by atoms with E-state index in [9.17, 15) is 4.79 Å². The molecule has 0 spiro atoms. The molecule has 2 aromatic carbocycles. The largest absolute Gasteiger partial charge is 0.494 e. The van der Waals surface area contributed by atoms with Crippen molar-refractivity contribution in [3.05, 3.63) is 71.9 Å². The first-order valence-electron chi connectivity index (χ1n) is 9.45. The van der Waals surface area contributed by atoms with E-state index < -0.39 is 0 Å². The highest BCUT2D eigenvalue weighted by Gasteiger charge is 2.24. The molecule has 138 valence electrons. The second-order valence-corrected chi connectivity index (χ2v) is 6.69. The monoisotopic (exact) mass is 361 g/mol. The zero-order valence-electron chi connectivity index (χ0n) is 15.2. The van der Waals surface area contributed by atoms with Crippen LogP contribution in [-0.2, 0) is 17.6 Å². The number of amides is 1. The molecule has 1 aliphatic rings. The number of carbonyl (C=O) groups excluding carboxylic acids is 1. The summed E-state index contributed by atoms with van der Waals surface area (Å²) in [5.41, 5.74) is 3.24. The molecule has 0 radical (unpaired) electrons. The van der Waals surface area contributed by atoms with E-state index in [2.05, 4.69) is 5.32 Å². The summed E-state index contributed by atoms with van der Waals surface area (Å²) in [5, 5.41) is 7.82. The van der Waals surface area contributed by atoms with Crippen molar-refractivity contribution in [2.24, 2.45) is 0 Å². The van der Waals surface area contributed by atoms with Crippen molar-refractivity contribution in [3.63, 3.8) is 0 Å². The Hall–Kier alpha value is -3.08. The quantitative estimate of drug-likeness (QED) is 0.643. The number of aryl methyl sites for hydroxylation is 1. The lowest BCUT2D eigenvalue weighted by Gasteiger charge is -2.11. The number of para-hydroxylation sites is 2. The Kier molecular flexibility index (Phi) is 5.19. The fourth-order valence-electron chi connectivity index (χ4n) is 3.41. The zero-order chi connectivity index (χ0) is 18.5. The Labute approximate surface area is 159 Å². The summed E-state index contributed by atoms with van der Waals surface area (Å²) < 4.78 is 7.52. The topological polar surface area (TPSA) is 56.1 Å². The van der Waals surface area contributed by atoms with Crippen molar-refractivity contribution < 1.29 is 9.53 Å². The second-order valence-electron chi connectivity index (χ2n) is 6.69. The van der Waals surface area contributed by atoms with Gasteiger partial charge in [-0.25, -0.2) is 4.68 Å². The van der Waals surface area contributed by atoms with Crippen LogP contribution in [0.4, 0.5) is 5.82 Å². The minimum absolute atomic E-state index is 0.00144. The van der Waals surface area contributed by atoms with Gasteiger partial charge in [0.25, 0.3) is 0 Å². The first-order valence-corrected chi connectivity index (χ1v) is 9.45. The summed E-state index contributed by atoms with van der Waals surface area (Å²) in [6.45, 7) is 0.521. The molecular formula is C22H23N3O2. The molecule has 0 saturated heterocycles. The second kappa shape index (κ2) is 8.08. The predicted octanol–water partition coefficient (Wildman–Crippen LogP) is 4.16. The van der Waals surface area contributed by atoms with E-state index in [1.165, 1.54) is 5.56 Å². The molecule has 0 fully saturated rings. The molecule has 4 rings (SSSR count). The van der Waals surface area contributed by atoms with E-state index in [0.717, 1.165) is 42.2 Å². The Morgan fingerprint density at radius 1 is 1.04 bits per heavy atom. The third-order valence-corrected chi connectivity index (χ3v) is 4.73. The number of aromatic nitrogens is 2. The first kappa shape index (κ1) is 17.3. The molecule has 0 saturated carbocycles. The molecule has 1 amide bonds. The lowest BCUT2D eigenvalue weighted by Crippen LogP contribution is -2.16. The van der Waals surface area contributed by atoms with Crippen LogP contribution >= 0.6 is 0 Å². The number of hydrogen-bond acceptors (Lipinski definition) is 3. The first-order chi connectivity index (χ1) is 13.3. The summed E-state index contributed by atoms with van der Waals surface area (Å²) >= 11 is 0. The maximum Gasteiger partial charge on any atom is 0.225 e. The smallest absolute Gasteiger partial charge is 0.225 e. The molecule has 27 heavy (non-hydrogen) atoms. The molecule has 0 aliphatic heterocycles. The zero-order valence-corrected chi connectivity index (χ0v) is 15.2. The van der Waals surface area contributed by atoms with E-state index in [0.29, 0.717) is 19.4 Å². The highest BCUT2D eigenvalue weighted by Crippen LogP contribution is 2.31. The van der Waals surface area contributed by atoms with Crippen molar-refractivity contribution in [1.29, 1.82) is 0 Å². The molecule has 1 heterocycles. The number of nitrogens with one attached hydrogen (secondary N) is 1. The highest BCUT2D eigenvalue weighted by molar-refractivity contribution is 5.91. The minimum Gasteiger partial charge on any atom is -0.494 e. The summed E-state index contributed by atoms with van der Waals surface area (Å²) in [6.07, 6.45) is 4.13. The Morgan fingerprint density at radius 2 is 1.78 bits per heavy atom. The van der Waals surface area contributed by atoms with Gasteiger partial charge < -0.3 is 10.1 Å². The number of carbonyl (C=O) groups is 1. The van der Waals surface area contributed by atoms with Gasteiger partial charge in [0.1, 0.15) is 11.6 Å². The van der Waals surface area contributed by atoms with E-state index in [4.69, 9.17) is 9.84 Å². The number of fused-ring (bicyclic) bond motifs is 1. The fourth-order valence-corrected chi connectivity index (χ4v) is 3.41. The van der Waals surface area contributed by atoms with Crippen molar-refractivity contribution >= 4 is 11.7 Å². The van der Waals surface area contributed by atoms with Crippen LogP contribution in [0.25, 0.3) is 5.69 Å². The van der Waals surface area contributed by atoms with Gasteiger partial charge in [0.2, 0.25) is 5.91 Å².